The highest BCUT2D eigenvalue weighted by molar-refractivity contribution is 6.71. The fourth-order valence-corrected chi connectivity index (χ4v) is 10.9. The second-order valence-corrected chi connectivity index (χ2v) is 18.0. The molecule has 2 aromatic rings. The first kappa shape index (κ1) is 31.0. The van der Waals surface area contributed by atoms with Crippen LogP contribution in [0.1, 0.15) is 50.2 Å². The summed E-state index contributed by atoms with van der Waals surface area (Å²) in [5, 5.41) is 9.86. The van der Waals surface area contributed by atoms with Crippen molar-refractivity contribution in [1.29, 1.82) is 0 Å². The van der Waals surface area contributed by atoms with Crippen LogP contribution < -0.4 is 14.7 Å². The maximum Gasteiger partial charge on any atom is 0.264 e. The summed E-state index contributed by atoms with van der Waals surface area (Å²) in [6, 6.07) is 13.0. The van der Waals surface area contributed by atoms with E-state index < -0.39 is 31.5 Å². The molecule has 4 fully saturated rings. The molecule has 46 heavy (non-hydrogen) atoms. The number of carbonyl (C=O) groups is 4. The molecule has 0 radical (unpaired) electrons. The molecule has 2 aromatic carbocycles. The van der Waals surface area contributed by atoms with Crippen LogP contribution in [0, 0.1) is 5.92 Å². The van der Waals surface area contributed by atoms with Crippen molar-refractivity contribution in [2.24, 2.45) is 5.92 Å². The van der Waals surface area contributed by atoms with Gasteiger partial charge in [-0.15, -0.1) is 0 Å². The molecular weight excluding hydrogens is 604 g/mol. The summed E-state index contributed by atoms with van der Waals surface area (Å²) in [7, 11) is -3.00. The Balaban J connectivity index is 1.26. The maximum atomic E-state index is 14.8. The summed E-state index contributed by atoms with van der Waals surface area (Å²) < 4.78 is 6.89. The highest BCUT2D eigenvalue weighted by Gasteiger charge is 2.66. The lowest BCUT2D eigenvalue weighted by Gasteiger charge is -2.34. The number of hydrogen-bond donors (Lipinski definition) is 2. The first-order valence-corrected chi connectivity index (χ1v) is 19.4. The van der Waals surface area contributed by atoms with Gasteiger partial charge in [0.15, 0.2) is 13.9 Å². The zero-order valence-electron chi connectivity index (χ0n) is 26.6. The number of fused-ring (bicyclic) bond motifs is 2. The molecule has 244 valence electrons. The predicted octanol–water partition coefficient (Wildman–Crippen LogP) is 2.88. The SMILES string of the molecule is C[C@@H]1[C@@H]([Si](C)(C)O)[C@H](CC(=O)N2CCC[C@H]2CO)O[C@@]12C(=O)N(Cc1ccc(N3CCC3=O)cc1)c1ccc(N3CCC3=O)cc12. The smallest absolute Gasteiger partial charge is 0.264 e. The average Bonchev–Trinajstić information content (AvgIpc) is 3.67. The number of ether oxygens (including phenoxy) is 1. The Morgan fingerprint density at radius 2 is 1.63 bits per heavy atom. The van der Waals surface area contributed by atoms with Gasteiger partial charge in [-0.2, -0.15) is 0 Å². The number of carbonyl (C=O) groups excluding carboxylic acids is 4. The molecule has 0 aliphatic carbocycles. The molecule has 4 saturated heterocycles. The molecule has 7 rings (SSSR count). The highest BCUT2D eigenvalue weighted by atomic mass is 28.4. The Morgan fingerprint density at radius 3 is 2.22 bits per heavy atom. The summed E-state index contributed by atoms with van der Waals surface area (Å²) in [5.74, 6) is -0.737. The fraction of sp³-hybridized carbons (Fsp3) is 0.529. The second kappa shape index (κ2) is 11.3. The van der Waals surface area contributed by atoms with Gasteiger partial charge in [0.05, 0.1) is 37.4 Å². The Bertz CT molecular complexity index is 1590. The van der Waals surface area contributed by atoms with E-state index in [-0.39, 0.29) is 49.2 Å². The van der Waals surface area contributed by atoms with Crippen molar-refractivity contribution in [3.05, 3.63) is 53.6 Å². The van der Waals surface area contributed by atoms with Crippen molar-refractivity contribution < 1.29 is 33.8 Å². The summed E-state index contributed by atoms with van der Waals surface area (Å²) in [6.45, 7) is 7.63. The largest absolute Gasteiger partial charge is 0.432 e. The number of β-lactam (4-membered cyclic amide) rings is 2. The maximum absolute atomic E-state index is 14.8. The third-order valence-electron chi connectivity index (χ3n) is 10.9. The first-order valence-electron chi connectivity index (χ1n) is 16.4. The van der Waals surface area contributed by atoms with Crippen LogP contribution in [0.5, 0.6) is 0 Å². The van der Waals surface area contributed by atoms with E-state index in [4.69, 9.17) is 4.74 Å². The van der Waals surface area contributed by atoms with Crippen LogP contribution in [0.2, 0.25) is 18.6 Å². The minimum absolute atomic E-state index is 0.00778. The predicted molar refractivity (Wildman–Crippen MR) is 174 cm³/mol. The van der Waals surface area contributed by atoms with Gasteiger partial charge in [0, 0.05) is 60.9 Å². The Kier molecular flexibility index (Phi) is 7.62. The fourth-order valence-electron chi connectivity index (χ4n) is 8.37. The first-order chi connectivity index (χ1) is 21.9. The Morgan fingerprint density at radius 1 is 0.978 bits per heavy atom. The van der Waals surface area contributed by atoms with E-state index in [1.54, 1.807) is 19.6 Å². The van der Waals surface area contributed by atoms with Crippen LogP contribution in [0.15, 0.2) is 42.5 Å². The molecule has 0 aromatic heterocycles. The van der Waals surface area contributed by atoms with E-state index in [1.165, 1.54) is 0 Å². The number of amides is 4. The molecule has 2 N–H and O–H groups in total. The van der Waals surface area contributed by atoms with Crippen LogP contribution in [0.4, 0.5) is 17.1 Å². The van der Waals surface area contributed by atoms with Crippen LogP contribution in [0.25, 0.3) is 0 Å². The van der Waals surface area contributed by atoms with Gasteiger partial charge in [-0.25, -0.2) is 0 Å². The second-order valence-electron chi connectivity index (χ2n) is 14.0. The van der Waals surface area contributed by atoms with Crippen molar-refractivity contribution in [2.45, 2.75) is 82.0 Å². The highest BCUT2D eigenvalue weighted by Crippen LogP contribution is 2.60. The van der Waals surface area contributed by atoms with Crippen molar-refractivity contribution in [3.8, 4) is 0 Å². The standard InChI is InChI=1S/C34H42N4O7Si/c1-21-32(46(2,3)44)28(18-31(42)35-14-4-5-25(35)20-39)45-34(21)26-17-24(37-16-13-30(37)41)10-11-27(26)38(33(34)43)19-22-6-8-23(9-7-22)36-15-12-29(36)40/h6-11,17,21,25,28,32,39,44H,4-5,12-16,18-20H2,1-3H3/t21-,25+,28+,32-,34+/m1/s1. The zero-order chi connectivity index (χ0) is 32.5. The van der Waals surface area contributed by atoms with Crippen LogP contribution in [-0.4, -0.2) is 85.1 Å². The quantitative estimate of drug-likeness (QED) is 0.333. The summed E-state index contributed by atoms with van der Waals surface area (Å²) in [4.78, 5) is 71.4. The molecular formula is C34H42N4O7Si. The van der Waals surface area contributed by atoms with E-state index in [0.717, 1.165) is 24.1 Å². The molecule has 5 aliphatic heterocycles. The Labute approximate surface area is 269 Å². The third-order valence-corrected chi connectivity index (χ3v) is 13.4. The summed E-state index contributed by atoms with van der Waals surface area (Å²) in [5.41, 5.74) is 1.86. The number of rotatable bonds is 8. The molecule has 5 aliphatic rings. The zero-order valence-corrected chi connectivity index (χ0v) is 27.6. The normalized spacial score (nSPS) is 29.1. The van der Waals surface area contributed by atoms with Gasteiger partial charge in [-0.05, 0) is 61.8 Å². The molecule has 5 atom stereocenters. The van der Waals surface area contributed by atoms with Gasteiger partial charge in [0.25, 0.3) is 5.91 Å². The topological polar surface area (TPSA) is 131 Å². The number of nitrogens with zero attached hydrogens (tertiary/aromatic N) is 4. The molecule has 1 spiro atoms. The van der Waals surface area contributed by atoms with Gasteiger partial charge < -0.3 is 34.2 Å². The van der Waals surface area contributed by atoms with E-state index in [2.05, 4.69) is 0 Å². The van der Waals surface area contributed by atoms with Gasteiger partial charge in [0.1, 0.15) is 0 Å². The lowest BCUT2D eigenvalue weighted by Crippen LogP contribution is -2.46. The number of anilines is 3. The van der Waals surface area contributed by atoms with Crippen molar-refractivity contribution >= 4 is 49.0 Å². The number of aliphatic hydroxyl groups is 1. The lowest BCUT2D eigenvalue weighted by atomic mass is 9.82. The molecule has 12 heteroatoms. The molecule has 0 saturated carbocycles. The van der Waals surface area contributed by atoms with E-state index in [9.17, 15) is 29.1 Å². The third kappa shape index (κ3) is 4.80. The lowest BCUT2D eigenvalue weighted by molar-refractivity contribution is -0.150. The van der Waals surface area contributed by atoms with Crippen LogP contribution in [-0.2, 0) is 36.1 Å². The van der Waals surface area contributed by atoms with Crippen molar-refractivity contribution in [2.75, 3.05) is 40.9 Å². The minimum atomic E-state index is -3.00. The van der Waals surface area contributed by atoms with Gasteiger partial charge in [-0.3, -0.25) is 19.2 Å². The molecule has 5 heterocycles. The summed E-state index contributed by atoms with van der Waals surface area (Å²) >= 11 is 0. The van der Waals surface area contributed by atoms with Crippen molar-refractivity contribution in [3.63, 3.8) is 0 Å². The molecule has 4 amide bonds. The van der Waals surface area contributed by atoms with E-state index in [1.807, 2.05) is 62.5 Å². The molecule has 0 bridgehead atoms. The monoisotopic (exact) mass is 646 g/mol. The Hall–Kier alpha value is -3.58. The number of hydrogen-bond acceptors (Lipinski definition) is 7. The van der Waals surface area contributed by atoms with Gasteiger partial charge >= 0.3 is 0 Å². The summed E-state index contributed by atoms with van der Waals surface area (Å²) in [6.07, 6.45) is 1.89. The molecule has 0 unspecified atom stereocenters. The number of aliphatic hydroxyl groups excluding tert-OH is 1. The van der Waals surface area contributed by atoms with Crippen molar-refractivity contribution in [1.82, 2.24) is 4.90 Å². The number of benzene rings is 2. The van der Waals surface area contributed by atoms with Crippen LogP contribution >= 0.6 is 0 Å². The van der Waals surface area contributed by atoms with Gasteiger partial charge in [0.2, 0.25) is 17.7 Å². The van der Waals surface area contributed by atoms with E-state index in [0.29, 0.717) is 49.4 Å². The minimum Gasteiger partial charge on any atom is -0.432 e. The molecule has 11 nitrogen and oxygen atoms in total. The van der Waals surface area contributed by atoms with Gasteiger partial charge in [-0.1, -0.05) is 19.1 Å². The van der Waals surface area contributed by atoms with E-state index >= 15 is 0 Å². The van der Waals surface area contributed by atoms with Crippen LogP contribution in [0.3, 0.4) is 0 Å². The average molecular weight is 647 g/mol. The number of likely N-dealkylation sites (tertiary alicyclic amines) is 1.